The topological polar surface area (TPSA) is 59.3 Å². The molecule has 136 valence electrons. The number of carbonyl (C=O) groups excluding carboxylic acids is 1. The third kappa shape index (κ3) is 4.04. The Morgan fingerprint density at radius 1 is 1.15 bits per heavy atom. The molecule has 1 amide bonds. The van der Waals surface area contributed by atoms with Crippen molar-refractivity contribution in [1.29, 1.82) is 0 Å². The molecular weight excluding hydrogens is 376 g/mol. The van der Waals surface area contributed by atoms with Gasteiger partial charge in [0.25, 0.3) is 5.91 Å². The second kappa shape index (κ2) is 7.54. The van der Waals surface area contributed by atoms with Crippen LogP contribution in [0.5, 0.6) is 0 Å². The number of imidazole rings is 1. The zero-order valence-electron chi connectivity index (χ0n) is 15.0. The Balaban J connectivity index is 1.38. The second-order valence-corrected chi connectivity index (χ2v) is 8.38. The first-order chi connectivity index (χ1) is 13.1. The fraction of sp³-hybridized carbons (Fsp3) is 0.150. The molecule has 0 radical (unpaired) electrons. The van der Waals surface area contributed by atoms with Gasteiger partial charge in [-0.1, -0.05) is 6.07 Å². The van der Waals surface area contributed by atoms with Crippen molar-refractivity contribution in [3.05, 3.63) is 76.7 Å². The molecule has 0 aliphatic rings. The van der Waals surface area contributed by atoms with Gasteiger partial charge in [0.1, 0.15) is 5.65 Å². The first kappa shape index (κ1) is 17.8. The van der Waals surface area contributed by atoms with Crippen molar-refractivity contribution in [1.82, 2.24) is 14.4 Å². The fourth-order valence-corrected chi connectivity index (χ4v) is 4.20. The quantitative estimate of drug-likeness (QED) is 0.487. The predicted octanol–water partition coefficient (Wildman–Crippen LogP) is 4.95. The number of benzene rings is 1. The standard InChI is InChI=1S/C20H18N4OS2/c1-13-14(2)27-20(21-13)23-19(25)15-6-8-17(9-7-15)26-12-16-11-24-10-4-3-5-18(24)22-16/h3-11H,12H2,1-2H3,(H,21,23,25). The van der Waals surface area contributed by atoms with Crippen LogP contribution in [-0.4, -0.2) is 20.3 Å². The Morgan fingerprint density at radius 3 is 2.67 bits per heavy atom. The van der Waals surface area contributed by atoms with E-state index in [0.717, 1.165) is 32.6 Å². The molecule has 3 aromatic heterocycles. The molecule has 27 heavy (non-hydrogen) atoms. The number of aryl methyl sites for hydroxylation is 2. The van der Waals surface area contributed by atoms with Crippen LogP contribution in [0.25, 0.3) is 5.65 Å². The number of aromatic nitrogens is 3. The summed E-state index contributed by atoms with van der Waals surface area (Å²) in [5.41, 5.74) is 3.56. The number of pyridine rings is 1. The molecule has 4 rings (SSSR count). The lowest BCUT2D eigenvalue weighted by molar-refractivity contribution is 0.102. The molecule has 0 saturated carbocycles. The number of hydrogen-bond acceptors (Lipinski definition) is 5. The van der Waals surface area contributed by atoms with Gasteiger partial charge < -0.3 is 4.40 Å². The molecule has 0 saturated heterocycles. The highest BCUT2D eigenvalue weighted by Gasteiger charge is 2.10. The van der Waals surface area contributed by atoms with Gasteiger partial charge in [-0.05, 0) is 50.2 Å². The number of rotatable bonds is 5. The number of amides is 1. The van der Waals surface area contributed by atoms with Crippen molar-refractivity contribution >= 4 is 39.8 Å². The molecule has 3 heterocycles. The zero-order valence-corrected chi connectivity index (χ0v) is 16.6. The molecule has 0 aliphatic heterocycles. The second-order valence-electron chi connectivity index (χ2n) is 6.13. The monoisotopic (exact) mass is 394 g/mol. The van der Waals surface area contributed by atoms with Gasteiger partial charge in [-0.25, -0.2) is 9.97 Å². The minimum atomic E-state index is -0.138. The van der Waals surface area contributed by atoms with Crippen LogP contribution in [0.4, 0.5) is 5.13 Å². The summed E-state index contributed by atoms with van der Waals surface area (Å²) in [6, 6.07) is 13.6. The van der Waals surface area contributed by atoms with Crippen LogP contribution in [0.15, 0.2) is 59.8 Å². The summed E-state index contributed by atoms with van der Waals surface area (Å²) in [6.07, 6.45) is 4.04. The lowest BCUT2D eigenvalue weighted by Gasteiger charge is -2.04. The van der Waals surface area contributed by atoms with Gasteiger partial charge in [0.15, 0.2) is 5.13 Å². The molecule has 0 bridgehead atoms. The van der Waals surface area contributed by atoms with Gasteiger partial charge in [-0.3, -0.25) is 10.1 Å². The molecule has 1 aromatic carbocycles. The average Bonchev–Trinajstić information content (AvgIpc) is 3.22. The first-order valence-corrected chi connectivity index (χ1v) is 10.3. The van der Waals surface area contributed by atoms with Crippen LogP contribution in [-0.2, 0) is 5.75 Å². The molecule has 7 heteroatoms. The number of fused-ring (bicyclic) bond motifs is 1. The van der Waals surface area contributed by atoms with Gasteiger partial charge in [-0.15, -0.1) is 23.1 Å². The smallest absolute Gasteiger partial charge is 0.257 e. The Hall–Kier alpha value is -2.64. The van der Waals surface area contributed by atoms with Crippen LogP contribution in [0, 0.1) is 13.8 Å². The molecule has 0 atom stereocenters. The molecule has 4 aromatic rings. The van der Waals surface area contributed by atoms with E-state index in [1.165, 1.54) is 11.3 Å². The van der Waals surface area contributed by atoms with E-state index in [-0.39, 0.29) is 5.91 Å². The van der Waals surface area contributed by atoms with Crippen LogP contribution in [0.1, 0.15) is 26.6 Å². The molecule has 1 N–H and O–H groups in total. The van der Waals surface area contributed by atoms with Gasteiger partial charge in [0.2, 0.25) is 0 Å². The number of nitrogens with zero attached hydrogens (tertiary/aromatic N) is 3. The largest absolute Gasteiger partial charge is 0.307 e. The van der Waals surface area contributed by atoms with Crippen molar-refractivity contribution in [2.45, 2.75) is 24.5 Å². The van der Waals surface area contributed by atoms with E-state index in [1.807, 2.05) is 73.1 Å². The highest BCUT2D eigenvalue weighted by molar-refractivity contribution is 7.98. The Morgan fingerprint density at radius 2 is 1.96 bits per heavy atom. The van der Waals surface area contributed by atoms with Crippen molar-refractivity contribution in [2.24, 2.45) is 0 Å². The summed E-state index contributed by atoms with van der Waals surface area (Å²) in [5.74, 6) is 0.644. The minimum Gasteiger partial charge on any atom is -0.307 e. The van der Waals surface area contributed by atoms with E-state index >= 15 is 0 Å². The highest BCUT2D eigenvalue weighted by Crippen LogP contribution is 2.24. The molecule has 0 fully saturated rings. The Kier molecular flexibility index (Phi) is 4.96. The van der Waals surface area contributed by atoms with Gasteiger partial charge in [0, 0.05) is 33.5 Å². The molecular formula is C20H18N4OS2. The number of nitrogens with one attached hydrogen (secondary N) is 1. The van der Waals surface area contributed by atoms with Crippen molar-refractivity contribution in [2.75, 3.05) is 5.32 Å². The number of thiazole rings is 1. The minimum absolute atomic E-state index is 0.138. The van der Waals surface area contributed by atoms with E-state index in [0.29, 0.717) is 10.7 Å². The van der Waals surface area contributed by atoms with Crippen molar-refractivity contribution in [3.63, 3.8) is 0 Å². The highest BCUT2D eigenvalue weighted by atomic mass is 32.2. The third-order valence-corrected chi connectivity index (χ3v) is 6.20. The summed E-state index contributed by atoms with van der Waals surface area (Å²) in [7, 11) is 0. The van der Waals surface area contributed by atoms with Gasteiger partial charge in [-0.2, -0.15) is 0 Å². The normalized spacial score (nSPS) is 11.0. The number of hydrogen-bond donors (Lipinski definition) is 1. The zero-order chi connectivity index (χ0) is 18.8. The van der Waals surface area contributed by atoms with Crippen LogP contribution in [0.2, 0.25) is 0 Å². The summed E-state index contributed by atoms with van der Waals surface area (Å²) in [5, 5.41) is 3.50. The van der Waals surface area contributed by atoms with Crippen LogP contribution >= 0.6 is 23.1 Å². The Labute approximate surface area is 165 Å². The van der Waals surface area contributed by atoms with Crippen LogP contribution < -0.4 is 5.32 Å². The molecule has 5 nitrogen and oxygen atoms in total. The first-order valence-electron chi connectivity index (χ1n) is 8.49. The SMILES string of the molecule is Cc1nc(NC(=O)c2ccc(SCc3cn4ccccc4n3)cc2)sc1C. The molecule has 0 aliphatic carbocycles. The van der Waals surface area contributed by atoms with E-state index in [2.05, 4.69) is 15.3 Å². The van der Waals surface area contributed by atoms with E-state index in [4.69, 9.17) is 0 Å². The maximum atomic E-state index is 12.4. The van der Waals surface area contributed by atoms with E-state index in [9.17, 15) is 4.79 Å². The third-order valence-electron chi connectivity index (χ3n) is 4.17. The predicted molar refractivity (Wildman–Crippen MR) is 111 cm³/mol. The molecule has 0 unspecified atom stereocenters. The fourth-order valence-electron chi connectivity index (χ4n) is 2.61. The Bertz CT molecular complexity index is 1050. The number of carbonyl (C=O) groups is 1. The summed E-state index contributed by atoms with van der Waals surface area (Å²) >= 11 is 3.19. The van der Waals surface area contributed by atoms with E-state index in [1.54, 1.807) is 11.8 Å². The average molecular weight is 395 g/mol. The van der Waals surface area contributed by atoms with Gasteiger partial charge >= 0.3 is 0 Å². The number of thioether (sulfide) groups is 1. The summed E-state index contributed by atoms with van der Waals surface area (Å²) < 4.78 is 2.02. The van der Waals surface area contributed by atoms with Gasteiger partial charge in [0.05, 0.1) is 11.4 Å². The number of anilines is 1. The van der Waals surface area contributed by atoms with Crippen molar-refractivity contribution < 1.29 is 4.79 Å². The maximum Gasteiger partial charge on any atom is 0.257 e. The summed E-state index contributed by atoms with van der Waals surface area (Å²) in [6.45, 7) is 3.94. The van der Waals surface area contributed by atoms with Crippen molar-refractivity contribution in [3.8, 4) is 0 Å². The lowest BCUT2D eigenvalue weighted by atomic mass is 10.2. The molecule has 0 spiro atoms. The summed E-state index contributed by atoms with van der Waals surface area (Å²) in [4.78, 5) is 23.5. The maximum absolute atomic E-state index is 12.4. The van der Waals surface area contributed by atoms with Crippen LogP contribution in [0.3, 0.4) is 0 Å². The van der Waals surface area contributed by atoms with E-state index < -0.39 is 0 Å². The lowest BCUT2D eigenvalue weighted by Crippen LogP contribution is -2.11.